The summed E-state index contributed by atoms with van der Waals surface area (Å²) in [6.45, 7) is 2.14. The van der Waals surface area contributed by atoms with E-state index in [9.17, 15) is 13.2 Å². The van der Waals surface area contributed by atoms with Crippen LogP contribution in [-0.2, 0) is 16.6 Å². The van der Waals surface area contributed by atoms with Crippen molar-refractivity contribution in [2.24, 2.45) is 0 Å². The molecular weight excluding hydrogens is 430 g/mol. The summed E-state index contributed by atoms with van der Waals surface area (Å²) < 4.78 is 27.7. The number of nitrogens with one attached hydrogen (secondary N) is 1. The van der Waals surface area contributed by atoms with E-state index in [1.54, 1.807) is 23.5 Å². The summed E-state index contributed by atoms with van der Waals surface area (Å²) >= 11 is 1.65. The predicted octanol–water partition coefficient (Wildman–Crippen LogP) is 4.07. The number of hydrogen-bond donors (Lipinski definition) is 1. The Labute approximate surface area is 187 Å². The minimum absolute atomic E-state index is 0.129. The molecule has 1 aromatic heterocycles. The van der Waals surface area contributed by atoms with Gasteiger partial charge < -0.3 is 10.2 Å². The average Bonchev–Trinajstić information content (AvgIpc) is 3.20. The smallest absolute Gasteiger partial charge is 0.253 e. The van der Waals surface area contributed by atoms with Crippen LogP contribution in [0.25, 0.3) is 10.1 Å². The highest BCUT2D eigenvalue weighted by Gasteiger charge is 2.24. The fourth-order valence-electron chi connectivity index (χ4n) is 3.92. The van der Waals surface area contributed by atoms with E-state index in [0.29, 0.717) is 12.1 Å². The molecule has 3 aromatic rings. The van der Waals surface area contributed by atoms with E-state index < -0.39 is 10.0 Å². The summed E-state index contributed by atoms with van der Waals surface area (Å²) in [7, 11) is -0.640. The first kappa shape index (κ1) is 21.8. The molecule has 1 N–H and O–H groups in total. The average molecular weight is 458 g/mol. The van der Waals surface area contributed by atoms with Crippen LogP contribution in [0.15, 0.2) is 52.7 Å². The number of thiophene rings is 1. The fraction of sp³-hybridized carbons (Fsp3) is 0.348. The number of piperidine rings is 1. The van der Waals surface area contributed by atoms with Crippen LogP contribution in [0.3, 0.4) is 0 Å². The Morgan fingerprint density at radius 1 is 1.10 bits per heavy atom. The molecule has 8 heteroatoms. The van der Waals surface area contributed by atoms with Gasteiger partial charge in [-0.3, -0.25) is 4.79 Å². The van der Waals surface area contributed by atoms with E-state index in [0.717, 1.165) is 42.6 Å². The highest BCUT2D eigenvalue weighted by atomic mass is 32.2. The van der Waals surface area contributed by atoms with Gasteiger partial charge in [-0.25, -0.2) is 12.7 Å². The van der Waals surface area contributed by atoms with Crippen LogP contribution in [0.1, 0.15) is 35.2 Å². The zero-order valence-electron chi connectivity index (χ0n) is 17.8. The molecule has 31 heavy (non-hydrogen) atoms. The molecule has 1 fully saturated rings. The SMILES string of the molecule is CN(C)S(=O)(=O)c1ccc(N2CCCCC2)c(C(=O)NCc2csc3ccccc23)c1. The van der Waals surface area contributed by atoms with Crippen LogP contribution in [0.2, 0.25) is 0 Å². The summed E-state index contributed by atoms with van der Waals surface area (Å²) in [4.78, 5) is 15.6. The van der Waals surface area contributed by atoms with E-state index >= 15 is 0 Å². The van der Waals surface area contributed by atoms with Gasteiger partial charge in [0.15, 0.2) is 0 Å². The third-order valence-electron chi connectivity index (χ3n) is 5.69. The van der Waals surface area contributed by atoms with Crippen LogP contribution < -0.4 is 10.2 Å². The molecule has 0 aliphatic carbocycles. The topological polar surface area (TPSA) is 69.7 Å². The molecule has 2 heterocycles. The van der Waals surface area contributed by atoms with Crippen molar-refractivity contribution in [2.75, 3.05) is 32.1 Å². The van der Waals surface area contributed by atoms with Crippen LogP contribution in [0, 0.1) is 0 Å². The lowest BCUT2D eigenvalue weighted by Crippen LogP contribution is -2.33. The first-order valence-electron chi connectivity index (χ1n) is 10.4. The largest absolute Gasteiger partial charge is 0.371 e. The van der Waals surface area contributed by atoms with Gasteiger partial charge in [0, 0.05) is 44.1 Å². The second-order valence-electron chi connectivity index (χ2n) is 7.95. The first-order chi connectivity index (χ1) is 14.9. The van der Waals surface area contributed by atoms with Crippen molar-refractivity contribution in [1.29, 1.82) is 0 Å². The summed E-state index contributed by atoms with van der Waals surface area (Å²) in [6.07, 6.45) is 3.32. The molecule has 1 saturated heterocycles. The summed E-state index contributed by atoms with van der Waals surface area (Å²) in [6, 6.07) is 13.0. The van der Waals surface area contributed by atoms with Crippen LogP contribution in [0.5, 0.6) is 0 Å². The Hall–Kier alpha value is -2.42. The Balaban J connectivity index is 1.65. The predicted molar refractivity (Wildman–Crippen MR) is 126 cm³/mol. The maximum atomic E-state index is 13.2. The van der Waals surface area contributed by atoms with Gasteiger partial charge in [0.25, 0.3) is 5.91 Å². The second-order valence-corrected chi connectivity index (χ2v) is 11.0. The third kappa shape index (κ3) is 4.46. The number of anilines is 1. The highest BCUT2D eigenvalue weighted by Crippen LogP contribution is 2.29. The number of carbonyl (C=O) groups is 1. The zero-order valence-corrected chi connectivity index (χ0v) is 19.4. The summed E-state index contributed by atoms with van der Waals surface area (Å²) in [5.41, 5.74) is 2.26. The second kappa shape index (κ2) is 8.98. The zero-order chi connectivity index (χ0) is 22.0. The van der Waals surface area contributed by atoms with Gasteiger partial charge in [-0.2, -0.15) is 0 Å². The van der Waals surface area contributed by atoms with Crippen molar-refractivity contribution < 1.29 is 13.2 Å². The van der Waals surface area contributed by atoms with Crippen molar-refractivity contribution in [2.45, 2.75) is 30.7 Å². The number of rotatable bonds is 6. The molecule has 0 saturated carbocycles. The van der Waals surface area contributed by atoms with Gasteiger partial charge in [0.1, 0.15) is 0 Å². The van der Waals surface area contributed by atoms with E-state index in [2.05, 4.69) is 27.7 Å². The number of nitrogens with zero attached hydrogens (tertiary/aromatic N) is 2. The quantitative estimate of drug-likeness (QED) is 0.606. The van der Waals surface area contributed by atoms with Gasteiger partial charge in [-0.1, -0.05) is 18.2 Å². The molecule has 1 aliphatic rings. The molecule has 2 aromatic carbocycles. The molecule has 6 nitrogen and oxygen atoms in total. The number of fused-ring (bicyclic) bond motifs is 1. The Morgan fingerprint density at radius 3 is 2.58 bits per heavy atom. The van der Waals surface area contributed by atoms with Gasteiger partial charge in [-0.05, 0) is 59.9 Å². The van der Waals surface area contributed by atoms with E-state index in [1.165, 1.54) is 35.6 Å². The molecule has 1 amide bonds. The molecule has 0 bridgehead atoms. The molecule has 4 rings (SSSR count). The highest BCUT2D eigenvalue weighted by molar-refractivity contribution is 7.89. The minimum atomic E-state index is -3.63. The molecule has 0 radical (unpaired) electrons. The Kier molecular flexibility index (Phi) is 6.31. The van der Waals surface area contributed by atoms with Crippen molar-refractivity contribution in [3.05, 3.63) is 59.0 Å². The maximum Gasteiger partial charge on any atom is 0.253 e. The van der Waals surface area contributed by atoms with Crippen LogP contribution >= 0.6 is 11.3 Å². The van der Waals surface area contributed by atoms with Crippen molar-refractivity contribution in [3.8, 4) is 0 Å². The van der Waals surface area contributed by atoms with E-state index in [-0.39, 0.29) is 10.8 Å². The third-order valence-corrected chi connectivity index (χ3v) is 8.51. The van der Waals surface area contributed by atoms with E-state index in [4.69, 9.17) is 0 Å². The van der Waals surface area contributed by atoms with Gasteiger partial charge >= 0.3 is 0 Å². The Bertz CT molecular complexity index is 1200. The number of sulfonamides is 1. The molecule has 0 unspecified atom stereocenters. The molecular formula is C23H27N3O3S2. The van der Waals surface area contributed by atoms with E-state index in [1.807, 2.05) is 12.1 Å². The van der Waals surface area contributed by atoms with Crippen molar-refractivity contribution in [3.63, 3.8) is 0 Å². The maximum absolute atomic E-state index is 13.2. The van der Waals surface area contributed by atoms with Crippen molar-refractivity contribution >= 4 is 43.0 Å². The van der Waals surface area contributed by atoms with Gasteiger partial charge in [0.05, 0.1) is 10.5 Å². The number of hydrogen-bond acceptors (Lipinski definition) is 5. The van der Waals surface area contributed by atoms with Gasteiger partial charge in [0.2, 0.25) is 10.0 Å². The van der Waals surface area contributed by atoms with Crippen molar-refractivity contribution in [1.82, 2.24) is 9.62 Å². The minimum Gasteiger partial charge on any atom is -0.371 e. The van der Waals surface area contributed by atoms with Crippen LogP contribution in [0.4, 0.5) is 5.69 Å². The standard InChI is InChI=1S/C23H27N3O3S2/c1-25(2)31(28,29)18-10-11-21(26-12-6-3-7-13-26)20(14-18)23(27)24-15-17-16-30-22-9-5-4-8-19(17)22/h4-5,8-11,14,16H,3,6-7,12-13,15H2,1-2H3,(H,24,27). The number of carbonyl (C=O) groups excluding carboxylic acids is 1. The first-order valence-corrected chi connectivity index (χ1v) is 12.7. The summed E-state index contributed by atoms with van der Waals surface area (Å²) in [5, 5.41) is 6.20. The lowest BCUT2D eigenvalue weighted by atomic mass is 10.1. The molecule has 1 aliphatic heterocycles. The molecule has 164 valence electrons. The molecule has 0 spiro atoms. The number of benzene rings is 2. The lowest BCUT2D eigenvalue weighted by molar-refractivity contribution is 0.0951. The Morgan fingerprint density at radius 2 is 1.84 bits per heavy atom. The molecule has 0 atom stereocenters. The normalized spacial score (nSPS) is 14.9. The van der Waals surface area contributed by atoms with Crippen LogP contribution in [-0.4, -0.2) is 45.8 Å². The fourth-order valence-corrected chi connectivity index (χ4v) is 5.81. The lowest BCUT2D eigenvalue weighted by Gasteiger charge is -2.30. The summed E-state index contributed by atoms with van der Waals surface area (Å²) in [5.74, 6) is -0.258. The monoisotopic (exact) mass is 457 g/mol. The number of amides is 1. The van der Waals surface area contributed by atoms with Gasteiger partial charge in [-0.15, -0.1) is 11.3 Å².